The first-order chi connectivity index (χ1) is 9.38. The van der Waals surface area contributed by atoms with Crippen molar-refractivity contribution in [3.8, 4) is 0 Å². The largest absolute Gasteiger partial charge is 0.378 e. The molecule has 1 aromatic rings. The molecule has 3 nitrogen and oxygen atoms in total. The average molecular weight is 262 g/mol. The second-order valence-electron chi connectivity index (χ2n) is 5.33. The van der Waals surface area contributed by atoms with Gasteiger partial charge in [-0.1, -0.05) is 30.3 Å². The van der Waals surface area contributed by atoms with Crippen LogP contribution < -0.4 is 5.73 Å². The normalized spacial score (nSPS) is 19.2. The molecule has 1 fully saturated rings. The van der Waals surface area contributed by atoms with Crippen LogP contribution in [0.3, 0.4) is 0 Å². The third-order valence-corrected chi connectivity index (χ3v) is 3.72. The van der Waals surface area contributed by atoms with Crippen LogP contribution in [0.5, 0.6) is 0 Å². The molecule has 106 valence electrons. The summed E-state index contributed by atoms with van der Waals surface area (Å²) in [5, 5.41) is 0. The van der Waals surface area contributed by atoms with Gasteiger partial charge in [-0.25, -0.2) is 0 Å². The monoisotopic (exact) mass is 262 g/mol. The highest BCUT2D eigenvalue weighted by Crippen LogP contribution is 2.17. The van der Waals surface area contributed by atoms with E-state index < -0.39 is 0 Å². The van der Waals surface area contributed by atoms with E-state index in [0.717, 1.165) is 32.8 Å². The van der Waals surface area contributed by atoms with Gasteiger partial charge in [0.2, 0.25) is 0 Å². The summed E-state index contributed by atoms with van der Waals surface area (Å²) < 4.78 is 5.67. The molecule has 1 aromatic carbocycles. The van der Waals surface area contributed by atoms with E-state index in [4.69, 9.17) is 10.5 Å². The van der Waals surface area contributed by atoms with Crippen LogP contribution in [0.2, 0.25) is 0 Å². The highest BCUT2D eigenvalue weighted by Gasteiger charge is 2.15. The Kier molecular flexibility index (Phi) is 6.34. The minimum absolute atomic E-state index is 0.511. The van der Waals surface area contributed by atoms with E-state index >= 15 is 0 Å². The Morgan fingerprint density at radius 3 is 2.74 bits per heavy atom. The molecule has 3 heteroatoms. The van der Waals surface area contributed by atoms with Gasteiger partial charge in [-0.3, -0.25) is 4.90 Å². The maximum absolute atomic E-state index is 5.71. The maximum Gasteiger partial charge on any atom is 0.0576 e. The lowest BCUT2D eigenvalue weighted by Gasteiger charge is -2.22. The summed E-state index contributed by atoms with van der Waals surface area (Å²) in [6.07, 6.45) is 5.39. The smallest absolute Gasteiger partial charge is 0.0576 e. The van der Waals surface area contributed by atoms with Crippen molar-refractivity contribution in [1.29, 1.82) is 0 Å². The molecular weight excluding hydrogens is 236 g/mol. The summed E-state index contributed by atoms with van der Waals surface area (Å²) in [7, 11) is 0. The van der Waals surface area contributed by atoms with Gasteiger partial charge in [-0.2, -0.15) is 0 Å². The Labute approximate surface area is 116 Å². The van der Waals surface area contributed by atoms with Gasteiger partial charge in [-0.15, -0.1) is 0 Å². The fraction of sp³-hybridized carbons (Fsp3) is 0.625. The van der Waals surface area contributed by atoms with Crippen molar-refractivity contribution < 1.29 is 4.74 Å². The van der Waals surface area contributed by atoms with E-state index in [0.29, 0.717) is 6.10 Å². The standard InChI is InChI=1S/C16H26N2O/c17-10-12-18(14-15-6-2-1-3-7-15)11-4-8-16-9-5-13-19-16/h1-3,6-7,16H,4-5,8-14,17H2. The van der Waals surface area contributed by atoms with E-state index in [1.165, 1.54) is 31.2 Å². The molecule has 0 aromatic heterocycles. The Hall–Kier alpha value is -0.900. The van der Waals surface area contributed by atoms with Crippen LogP contribution in [0.25, 0.3) is 0 Å². The summed E-state index contributed by atoms with van der Waals surface area (Å²) in [5.74, 6) is 0. The number of rotatable bonds is 8. The maximum atomic E-state index is 5.71. The van der Waals surface area contributed by atoms with Crippen LogP contribution in [0.4, 0.5) is 0 Å². The van der Waals surface area contributed by atoms with E-state index in [1.807, 2.05) is 0 Å². The molecule has 0 radical (unpaired) electrons. The lowest BCUT2D eigenvalue weighted by molar-refractivity contribution is 0.0985. The quantitative estimate of drug-likeness (QED) is 0.782. The third-order valence-electron chi connectivity index (χ3n) is 3.72. The molecular formula is C16H26N2O. The summed E-state index contributed by atoms with van der Waals surface area (Å²) in [6.45, 7) is 4.78. The lowest BCUT2D eigenvalue weighted by atomic mass is 10.1. The van der Waals surface area contributed by atoms with Crippen molar-refractivity contribution in [3.63, 3.8) is 0 Å². The third kappa shape index (κ3) is 5.31. The van der Waals surface area contributed by atoms with Crippen molar-refractivity contribution in [3.05, 3.63) is 35.9 Å². The summed E-state index contributed by atoms with van der Waals surface area (Å²) in [5.41, 5.74) is 7.08. The van der Waals surface area contributed by atoms with Crippen molar-refractivity contribution in [2.75, 3.05) is 26.2 Å². The molecule has 0 bridgehead atoms. The second kappa shape index (κ2) is 8.31. The zero-order valence-corrected chi connectivity index (χ0v) is 11.8. The Morgan fingerprint density at radius 2 is 2.05 bits per heavy atom. The molecule has 1 aliphatic heterocycles. The second-order valence-corrected chi connectivity index (χ2v) is 5.33. The van der Waals surface area contributed by atoms with Crippen LogP contribution in [0.15, 0.2) is 30.3 Å². The Bertz CT molecular complexity index is 336. The molecule has 0 amide bonds. The van der Waals surface area contributed by atoms with Crippen molar-refractivity contribution in [2.45, 2.75) is 38.3 Å². The highest BCUT2D eigenvalue weighted by atomic mass is 16.5. The predicted molar refractivity (Wildman–Crippen MR) is 79.0 cm³/mol. The van der Waals surface area contributed by atoms with Crippen LogP contribution in [-0.2, 0) is 11.3 Å². The number of hydrogen-bond acceptors (Lipinski definition) is 3. The lowest BCUT2D eigenvalue weighted by Crippen LogP contribution is -2.30. The molecule has 1 saturated heterocycles. The van der Waals surface area contributed by atoms with Gasteiger partial charge >= 0.3 is 0 Å². The van der Waals surface area contributed by atoms with Crippen LogP contribution in [-0.4, -0.2) is 37.2 Å². The van der Waals surface area contributed by atoms with Crippen LogP contribution in [0, 0.1) is 0 Å². The highest BCUT2D eigenvalue weighted by molar-refractivity contribution is 5.14. The summed E-state index contributed by atoms with van der Waals surface area (Å²) >= 11 is 0. The zero-order valence-electron chi connectivity index (χ0n) is 11.8. The number of hydrogen-bond donors (Lipinski definition) is 1. The fourth-order valence-corrected chi connectivity index (χ4v) is 2.71. The molecule has 0 aliphatic carbocycles. The SMILES string of the molecule is NCCN(CCCC1CCCO1)Cc1ccccc1. The summed E-state index contributed by atoms with van der Waals surface area (Å²) in [4.78, 5) is 2.45. The first-order valence-electron chi connectivity index (χ1n) is 7.46. The minimum Gasteiger partial charge on any atom is -0.378 e. The van der Waals surface area contributed by atoms with Gasteiger partial charge < -0.3 is 10.5 Å². The summed E-state index contributed by atoms with van der Waals surface area (Å²) in [6, 6.07) is 10.6. The van der Waals surface area contributed by atoms with Gasteiger partial charge in [0, 0.05) is 26.2 Å². The molecule has 1 unspecified atom stereocenters. The van der Waals surface area contributed by atoms with Crippen molar-refractivity contribution in [2.24, 2.45) is 5.73 Å². The van der Waals surface area contributed by atoms with E-state index in [-0.39, 0.29) is 0 Å². The van der Waals surface area contributed by atoms with Gasteiger partial charge in [0.15, 0.2) is 0 Å². The van der Waals surface area contributed by atoms with Crippen molar-refractivity contribution >= 4 is 0 Å². The number of ether oxygens (including phenoxy) is 1. The average Bonchev–Trinajstić information content (AvgIpc) is 2.93. The van der Waals surface area contributed by atoms with Gasteiger partial charge in [0.05, 0.1) is 6.10 Å². The molecule has 2 rings (SSSR count). The first-order valence-corrected chi connectivity index (χ1v) is 7.46. The number of nitrogens with zero attached hydrogens (tertiary/aromatic N) is 1. The van der Waals surface area contributed by atoms with E-state index in [9.17, 15) is 0 Å². The predicted octanol–water partition coefficient (Wildman–Crippen LogP) is 2.41. The minimum atomic E-state index is 0.511. The molecule has 1 heterocycles. The molecule has 1 aliphatic rings. The Morgan fingerprint density at radius 1 is 1.21 bits per heavy atom. The molecule has 2 N–H and O–H groups in total. The van der Waals surface area contributed by atoms with Gasteiger partial charge in [0.1, 0.15) is 0 Å². The van der Waals surface area contributed by atoms with Gasteiger partial charge in [0.25, 0.3) is 0 Å². The topological polar surface area (TPSA) is 38.5 Å². The van der Waals surface area contributed by atoms with Crippen LogP contribution in [0.1, 0.15) is 31.2 Å². The molecule has 19 heavy (non-hydrogen) atoms. The fourth-order valence-electron chi connectivity index (χ4n) is 2.71. The first kappa shape index (κ1) is 14.5. The van der Waals surface area contributed by atoms with E-state index in [1.54, 1.807) is 0 Å². The number of benzene rings is 1. The molecule has 0 spiro atoms. The Balaban J connectivity index is 1.72. The molecule has 0 saturated carbocycles. The van der Waals surface area contributed by atoms with Crippen molar-refractivity contribution in [1.82, 2.24) is 4.90 Å². The number of nitrogens with two attached hydrogens (primary N) is 1. The van der Waals surface area contributed by atoms with Crippen LogP contribution >= 0.6 is 0 Å². The van der Waals surface area contributed by atoms with E-state index in [2.05, 4.69) is 35.2 Å². The van der Waals surface area contributed by atoms with Gasteiger partial charge in [-0.05, 0) is 37.8 Å². The molecule has 1 atom stereocenters. The zero-order chi connectivity index (χ0) is 13.3.